The lowest BCUT2D eigenvalue weighted by molar-refractivity contribution is -0.118. The number of benzene rings is 1. The van der Waals surface area contributed by atoms with E-state index in [2.05, 4.69) is 44.0 Å². The van der Waals surface area contributed by atoms with Crippen LogP contribution in [0.4, 0.5) is 5.82 Å². The summed E-state index contributed by atoms with van der Waals surface area (Å²) in [6.45, 7) is 7.29. The number of anilines is 1. The van der Waals surface area contributed by atoms with Gasteiger partial charge in [0.1, 0.15) is 5.82 Å². The molecule has 3 unspecified atom stereocenters. The Bertz CT molecular complexity index is 1370. The largest absolute Gasteiger partial charge is 0.381 e. The molecule has 2 aliphatic carbocycles. The van der Waals surface area contributed by atoms with Crippen LogP contribution in [0.15, 0.2) is 41.1 Å². The lowest BCUT2D eigenvalue weighted by Gasteiger charge is -2.19. The minimum Gasteiger partial charge on any atom is -0.381 e. The highest BCUT2D eigenvalue weighted by atomic mass is 16.5. The molecular weight excluding hydrogens is 482 g/mol. The summed E-state index contributed by atoms with van der Waals surface area (Å²) >= 11 is 0. The van der Waals surface area contributed by atoms with Gasteiger partial charge in [0.25, 0.3) is 0 Å². The van der Waals surface area contributed by atoms with E-state index < -0.39 is 0 Å². The van der Waals surface area contributed by atoms with Gasteiger partial charge in [0.05, 0.1) is 19.3 Å². The average molecular weight is 516 g/mol. The standard InChI is InChI=1S/C29H33N5O4/c1-29(2,3)28-33-27(38-34-28)26(36)31-22-7-5-4-6-18-12-16(8-9-19(18)22)17-10-11-30-23(13-17)32-25(35)24-20-14-37-15-21(20)24/h8-13,20-22,24H,4-7,14-15H2,1-3H3,(H,31,36)(H,30,32,35). The monoisotopic (exact) mass is 515 g/mol. The summed E-state index contributed by atoms with van der Waals surface area (Å²) in [5.41, 5.74) is 4.06. The number of hydrogen-bond acceptors (Lipinski definition) is 7. The van der Waals surface area contributed by atoms with Crippen molar-refractivity contribution in [2.24, 2.45) is 17.8 Å². The Balaban J connectivity index is 1.18. The summed E-state index contributed by atoms with van der Waals surface area (Å²) in [6, 6.07) is 10.1. The molecule has 2 N–H and O–H groups in total. The number of aromatic nitrogens is 3. The molecule has 1 aromatic carbocycles. The van der Waals surface area contributed by atoms with Crippen molar-refractivity contribution < 1.29 is 18.8 Å². The summed E-state index contributed by atoms with van der Waals surface area (Å²) in [4.78, 5) is 34.3. The van der Waals surface area contributed by atoms with E-state index in [1.165, 1.54) is 5.56 Å². The van der Waals surface area contributed by atoms with Gasteiger partial charge in [0.2, 0.25) is 5.91 Å². The second-order valence-electron chi connectivity index (χ2n) is 11.7. The number of aryl methyl sites for hydroxylation is 1. The van der Waals surface area contributed by atoms with E-state index in [1.807, 2.05) is 32.9 Å². The molecular formula is C29H33N5O4. The van der Waals surface area contributed by atoms with Crippen molar-refractivity contribution in [3.63, 3.8) is 0 Å². The molecule has 1 saturated carbocycles. The Morgan fingerprint density at radius 1 is 1.03 bits per heavy atom. The van der Waals surface area contributed by atoms with Gasteiger partial charge < -0.3 is 19.9 Å². The van der Waals surface area contributed by atoms with Crippen LogP contribution in [0.2, 0.25) is 0 Å². The maximum absolute atomic E-state index is 12.9. The Hall–Kier alpha value is -3.59. The molecule has 9 nitrogen and oxygen atoms in total. The number of fused-ring (bicyclic) bond motifs is 2. The van der Waals surface area contributed by atoms with E-state index in [9.17, 15) is 9.59 Å². The zero-order chi connectivity index (χ0) is 26.4. The Morgan fingerprint density at radius 3 is 2.58 bits per heavy atom. The van der Waals surface area contributed by atoms with E-state index in [0.717, 1.165) is 42.4 Å². The number of pyridine rings is 1. The molecule has 0 spiro atoms. The van der Waals surface area contributed by atoms with E-state index in [-0.39, 0.29) is 35.1 Å². The Kier molecular flexibility index (Phi) is 6.26. The number of nitrogens with zero attached hydrogens (tertiary/aromatic N) is 3. The van der Waals surface area contributed by atoms with Crippen LogP contribution in [0, 0.1) is 17.8 Å². The molecule has 3 atom stereocenters. The summed E-state index contributed by atoms with van der Waals surface area (Å²) in [5.74, 6) is 1.50. The van der Waals surface area contributed by atoms with Crippen molar-refractivity contribution >= 4 is 17.6 Å². The zero-order valence-corrected chi connectivity index (χ0v) is 22.0. The van der Waals surface area contributed by atoms with Crippen LogP contribution in [-0.4, -0.2) is 40.2 Å². The molecule has 1 saturated heterocycles. The molecule has 2 amide bonds. The fourth-order valence-corrected chi connectivity index (χ4v) is 5.67. The number of ether oxygens (including phenoxy) is 1. The van der Waals surface area contributed by atoms with Crippen molar-refractivity contribution in [1.29, 1.82) is 0 Å². The first-order chi connectivity index (χ1) is 18.3. The molecule has 198 valence electrons. The summed E-state index contributed by atoms with van der Waals surface area (Å²) < 4.78 is 10.7. The lowest BCUT2D eigenvalue weighted by Crippen LogP contribution is -2.29. The molecule has 6 rings (SSSR count). The molecule has 0 radical (unpaired) electrons. The van der Waals surface area contributed by atoms with E-state index in [1.54, 1.807) is 6.20 Å². The molecule has 3 aromatic rings. The third-order valence-corrected chi connectivity index (χ3v) is 7.90. The highest BCUT2D eigenvalue weighted by Gasteiger charge is 2.58. The molecule has 0 bridgehead atoms. The normalized spacial score (nSPS) is 24.2. The van der Waals surface area contributed by atoms with Crippen LogP contribution in [-0.2, 0) is 21.4 Å². The molecule has 38 heavy (non-hydrogen) atoms. The third-order valence-electron chi connectivity index (χ3n) is 7.90. The molecule has 9 heteroatoms. The van der Waals surface area contributed by atoms with Gasteiger partial charge in [-0.05, 0) is 65.5 Å². The van der Waals surface area contributed by atoms with Crippen molar-refractivity contribution in [1.82, 2.24) is 20.4 Å². The van der Waals surface area contributed by atoms with E-state index in [0.29, 0.717) is 36.7 Å². The summed E-state index contributed by atoms with van der Waals surface area (Å²) in [6.07, 6.45) is 5.56. The smallest absolute Gasteiger partial charge is 0.315 e. The highest BCUT2D eigenvalue weighted by molar-refractivity contribution is 5.94. The number of amides is 2. The fraction of sp³-hybridized carbons (Fsp3) is 0.483. The van der Waals surface area contributed by atoms with Crippen LogP contribution in [0.25, 0.3) is 11.1 Å². The van der Waals surface area contributed by atoms with Crippen LogP contribution in [0.5, 0.6) is 0 Å². The van der Waals surface area contributed by atoms with Crippen molar-refractivity contribution in [3.05, 3.63) is 59.4 Å². The van der Waals surface area contributed by atoms with Crippen LogP contribution in [0.3, 0.4) is 0 Å². The predicted molar refractivity (Wildman–Crippen MR) is 140 cm³/mol. The minimum absolute atomic E-state index is 0.00828. The Morgan fingerprint density at radius 2 is 1.82 bits per heavy atom. The zero-order valence-electron chi connectivity index (χ0n) is 22.0. The van der Waals surface area contributed by atoms with Crippen molar-refractivity contribution in [2.75, 3.05) is 18.5 Å². The van der Waals surface area contributed by atoms with Gasteiger partial charge in [-0.25, -0.2) is 4.98 Å². The molecule has 3 heterocycles. The number of hydrogen-bond donors (Lipinski definition) is 2. The quantitative estimate of drug-likeness (QED) is 0.482. The molecule has 1 aliphatic heterocycles. The Labute approximate surface area is 221 Å². The second-order valence-corrected chi connectivity index (χ2v) is 11.7. The summed E-state index contributed by atoms with van der Waals surface area (Å²) in [5, 5.41) is 10.1. The van der Waals surface area contributed by atoms with E-state index in [4.69, 9.17) is 9.26 Å². The topological polar surface area (TPSA) is 119 Å². The maximum Gasteiger partial charge on any atom is 0.315 e. The number of carbonyl (C=O) groups excluding carboxylic acids is 2. The SMILES string of the molecule is CC(C)(C)c1noc(C(=O)NC2CCCCc3cc(-c4ccnc(NC(=O)C5C6COCC65)c4)ccc32)n1. The number of rotatable bonds is 5. The first kappa shape index (κ1) is 24.7. The number of nitrogens with one attached hydrogen (secondary N) is 2. The van der Waals surface area contributed by atoms with Crippen LogP contribution >= 0.6 is 0 Å². The second kappa shape index (κ2) is 9.62. The van der Waals surface area contributed by atoms with Gasteiger partial charge in [-0.1, -0.05) is 50.5 Å². The lowest BCUT2D eigenvalue weighted by atomic mass is 9.94. The van der Waals surface area contributed by atoms with Gasteiger partial charge in [-0.2, -0.15) is 4.98 Å². The average Bonchev–Trinajstić information content (AvgIpc) is 3.19. The van der Waals surface area contributed by atoms with Gasteiger partial charge in [-0.3, -0.25) is 9.59 Å². The summed E-state index contributed by atoms with van der Waals surface area (Å²) in [7, 11) is 0. The van der Waals surface area contributed by atoms with Gasteiger partial charge in [-0.15, -0.1) is 0 Å². The predicted octanol–water partition coefficient (Wildman–Crippen LogP) is 4.46. The molecule has 3 aliphatic rings. The van der Waals surface area contributed by atoms with Crippen LogP contribution in [0.1, 0.15) is 73.7 Å². The van der Waals surface area contributed by atoms with Gasteiger partial charge >= 0.3 is 11.8 Å². The molecule has 2 aromatic heterocycles. The first-order valence-electron chi connectivity index (χ1n) is 13.4. The third kappa shape index (κ3) is 4.82. The maximum atomic E-state index is 12.9. The minimum atomic E-state index is -0.351. The highest BCUT2D eigenvalue weighted by Crippen LogP contribution is 2.51. The van der Waals surface area contributed by atoms with Gasteiger partial charge in [0, 0.05) is 17.5 Å². The first-order valence-corrected chi connectivity index (χ1v) is 13.4. The van der Waals surface area contributed by atoms with Crippen molar-refractivity contribution in [3.8, 4) is 11.1 Å². The number of carbonyl (C=O) groups is 2. The van der Waals surface area contributed by atoms with Crippen molar-refractivity contribution in [2.45, 2.75) is 57.9 Å². The van der Waals surface area contributed by atoms with Gasteiger partial charge in [0.15, 0.2) is 5.82 Å². The van der Waals surface area contributed by atoms with Crippen LogP contribution < -0.4 is 10.6 Å². The fourth-order valence-electron chi connectivity index (χ4n) is 5.67. The molecule has 2 fully saturated rings. The van der Waals surface area contributed by atoms with E-state index >= 15 is 0 Å².